The summed E-state index contributed by atoms with van der Waals surface area (Å²) < 4.78 is 22.5. The minimum absolute atomic E-state index is 0.319. The highest BCUT2D eigenvalue weighted by Gasteiger charge is 2.12. The zero-order valence-electron chi connectivity index (χ0n) is 14.7. The summed E-state index contributed by atoms with van der Waals surface area (Å²) in [6, 6.07) is 0. The molecule has 1 atom stereocenters. The predicted octanol–water partition coefficient (Wildman–Crippen LogP) is 0.853. The minimum atomic E-state index is 0.319. The van der Waals surface area contributed by atoms with Crippen LogP contribution in [0.2, 0.25) is 0 Å². The first-order valence-corrected chi connectivity index (χ1v) is 9.18. The van der Waals surface area contributed by atoms with Gasteiger partial charge < -0.3 is 18.9 Å². The third-order valence-electron chi connectivity index (χ3n) is 4.56. The lowest BCUT2D eigenvalue weighted by atomic mass is 10.2. The molecule has 0 aromatic heterocycles. The van der Waals surface area contributed by atoms with Gasteiger partial charge in [0.2, 0.25) is 0 Å². The van der Waals surface area contributed by atoms with Crippen molar-refractivity contribution < 1.29 is 18.9 Å². The van der Waals surface area contributed by atoms with E-state index in [0.717, 1.165) is 98.4 Å². The lowest BCUT2D eigenvalue weighted by Crippen LogP contribution is -2.39. The quantitative estimate of drug-likeness (QED) is 0.524. The van der Waals surface area contributed by atoms with Crippen molar-refractivity contribution in [3.63, 3.8) is 0 Å². The average molecular weight is 330 g/mol. The maximum Gasteiger partial charge on any atom is 0.0597 e. The lowest BCUT2D eigenvalue weighted by Gasteiger charge is -2.27. The summed E-state index contributed by atoms with van der Waals surface area (Å²) in [5, 5.41) is 0. The molecular weight excluding hydrogens is 296 g/mol. The van der Waals surface area contributed by atoms with E-state index in [-0.39, 0.29) is 0 Å². The van der Waals surface area contributed by atoms with Gasteiger partial charge in [-0.2, -0.15) is 0 Å². The fourth-order valence-corrected chi connectivity index (χ4v) is 2.91. The highest BCUT2D eigenvalue weighted by Crippen LogP contribution is 2.05. The van der Waals surface area contributed by atoms with Crippen LogP contribution in [0.25, 0.3) is 0 Å². The van der Waals surface area contributed by atoms with E-state index in [1.165, 1.54) is 0 Å². The van der Waals surface area contributed by atoms with Crippen molar-refractivity contribution in [3.05, 3.63) is 0 Å². The van der Waals surface area contributed by atoms with Crippen LogP contribution in [-0.2, 0) is 18.9 Å². The number of ether oxygens (including phenoxy) is 4. The molecule has 2 rings (SSSR count). The van der Waals surface area contributed by atoms with E-state index in [9.17, 15) is 0 Å². The Balaban J connectivity index is 1.44. The number of hydrogen-bond acceptors (Lipinski definition) is 6. The van der Waals surface area contributed by atoms with Crippen molar-refractivity contribution in [3.8, 4) is 0 Å². The monoisotopic (exact) mass is 330 g/mol. The van der Waals surface area contributed by atoms with Gasteiger partial charge in [-0.15, -0.1) is 0 Å². The maximum absolute atomic E-state index is 6.00. The van der Waals surface area contributed by atoms with Crippen molar-refractivity contribution in [1.82, 2.24) is 9.80 Å². The first kappa shape index (κ1) is 19.1. The Labute approximate surface area is 141 Å². The molecule has 2 heterocycles. The third kappa shape index (κ3) is 8.42. The van der Waals surface area contributed by atoms with Crippen molar-refractivity contribution in [2.75, 3.05) is 85.5 Å². The normalized spacial score (nSPS) is 22.3. The molecule has 2 aliphatic heterocycles. The first-order valence-electron chi connectivity index (χ1n) is 9.18. The zero-order chi connectivity index (χ0) is 16.2. The lowest BCUT2D eigenvalue weighted by molar-refractivity contribution is -0.0145. The van der Waals surface area contributed by atoms with Gasteiger partial charge in [0.15, 0.2) is 0 Å². The number of nitrogens with zero attached hydrogens (tertiary/aromatic N) is 2. The van der Waals surface area contributed by atoms with Gasteiger partial charge in [0.1, 0.15) is 0 Å². The molecule has 6 nitrogen and oxygen atoms in total. The van der Waals surface area contributed by atoms with Crippen LogP contribution in [0.5, 0.6) is 0 Å². The Morgan fingerprint density at radius 1 is 0.826 bits per heavy atom. The van der Waals surface area contributed by atoms with E-state index in [1.807, 2.05) is 0 Å². The van der Waals surface area contributed by atoms with E-state index in [0.29, 0.717) is 6.10 Å². The SMILES string of the molecule is CCC(CCOCCN1CCOCC1)OCCN1CCOCC1. The molecule has 0 saturated carbocycles. The molecule has 1 unspecified atom stereocenters. The second kappa shape index (κ2) is 12.2. The van der Waals surface area contributed by atoms with E-state index in [1.54, 1.807) is 0 Å². The van der Waals surface area contributed by atoms with Gasteiger partial charge in [-0.1, -0.05) is 6.92 Å². The summed E-state index contributed by atoms with van der Waals surface area (Å²) in [6.45, 7) is 14.2. The molecule has 0 radical (unpaired) electrons. The van der Waals surface area contributed by atoms with E-state index < -0.39 is 0 Å². The Morgan fingerprint density at radius 3 is 1.96 bits per heavy atom. The Hall–Kier alpha value is -0.240. The molecule has 0 aliphatic carbocycles. The molecule has 0 N–H and O–H groups in total. The largest absolute Gasteiger partial charge is 0.380 e. The van der Waals surface area contributed by atoms with Gasteiger partial charge in [0, 0.05) is 45.9 Å². The number of morpholine rings is 2. The standard InChI is InChI=1S/C17H34N2O4/c1-2-17(23-16-9-19-7-14-22-15-8-19)3-10-20-11-4-18-5-12-21-13-6-18/h17H,2-16H2,1H3. The first-order chi connectivity index (χ1) is 11.4. The maximum atomic E-state index is 6.00. The summed E-state index contributed by atoms with van der Waals surface area (Å²) in [5.41, 5.74) is 0. The smallest absolute Gasteiger partial charge is 0.0597 e. The molecule has 0 spiro atoms. The summed E-state index contributed by atoms with van der Waals surface area (Å²) in [4.78, 5) is 4.81. The van der Waals surface area contributed by atoms with Crippen LogP contribution in [-0.4, -0.2) is 101 Å². The van der Waals surface area contributed by atoms with Gasteiger partial charge in [-0.25, -0.2) is 0 Å². The topological polar surface area (TPSA) is 43.4 Å². The van der Waals surface area contributed by atoms with Crippen molar-refractivity contribution in [2.24, 2.45) is 0 Å². The van der Waals surface area contributed by atoms with Gasteiger partial charge >= 0.3 is 0 Å². The molecule has 2 saturated heterocycles. The molecule has 0 bridgehead atoms. The highest BCUT2D eigenvalue weighted by atomic mass is 16.5. The fraction of sp³-hybridized carbons (Fsp3) is 1.00. The van der Waals surface area contributed by atoms with Crippen LogP contribution >= 0.6 is 0 Å². The van der Waals surface area contributed by atoms with Crippen molar-refractivity contribution >= 4 is 0 Å². The molecule has 2 fully saturated rings. The Bertz CT molecular complexity index is 282. The van der Waals surface area contributed by atoms with Gasteiger partial charge in [0.25, 0.3) is 0 Å². The Morgan fingerprint density at radius 2 is 1.39 bits per heavy atom. The van der Waals surface area contributed by atoms with Gasteiger partial charge in [-0.3, -0.25) is 9.80 Å². The number of hydrogen-bond donors (Lipinski definition) is 0. The second-order valence-corrected chi connectivity index (χ2v) is 6.21. The van der Waals surface area contributed by atoms with Crippen LogP contribution in [0.15, 0.2) is 0 Å². The van der Waals surface area contributed by atoms with Crippen LogP contribution in [0, 0.1) is 0 Å². The molecule has 136 valence electrons. The zero-order valence-corrected chi connectivity index (χ0v) is 14.7. The molecular formula is C17H34N2O4. The molecule has 2 aliphatic rings. The number of rotatable bonds is 11. The van der Waals surface area contributed by atoms with E-state index in [4.69, 9.17) is 18.9 Å². The fourth-order valence-electron chi connectivity index (χ4n) is 2.91. The van der Waals surface area contributed by atoms with Gasteiger partial charge in [-0.05, 0) is 12.8 Å². The van der Waals surface area contributed by atoms with Crippen molar-refractivity contribution in [2.45, 2.75) is 25.9 Å². The van der Waals surface area contributed by atoms with Crippen LogP contribution in [0.1, 0.15) is 19.8 Å². The Kier molecular flexibility index (Phi) is 10.1. The van der Waals surface area contributed by atoms with E-state index in [2.05, 4.69) is 16.7 Å². The van der Waals surface area contributed by atoms with Crippen LogP contribution < -0.4 is 0 Å². The van der Waals surface area contributed by atoms with Crippen molar-refractivity contribution in [1.29, 1.82) is 0 Å². The molecule has 0 aromatic rings. The summed E-state index contributed by atoms with van der Waals surface area (Å²) in [6.07, 6.45) is 2.36. The van der Waals surface area contributed by atoms with E-state index >= 15 is 0 Å². The second-order valence-electron chi connectivity index (χ2n) is 6.21. The molecule has 23 heavy (non-hydrogen) atoms. The summed E-state index contributed by atoms with van der Waals surface area (Å²) in [7, 11) is 0. The van der Waals surface area contributed by atoms with Gasteiger partial charge in [0.05, 0.1) is 45.7 Å². The molecule has 0 amide bonds. The van der Waals surface area contributed by atoms with Crippen LogP contribution in [0.4, 0.5) is 0 Å². The minimum Gasteiger partial charge on any atom is -0.380 e. The predicted molar refractivity (Wildman–Crippen MR) is 90.0 cm³/mol. The molecule has 6 heteroatoms. The van der Waals surface area contributed by atoms with Crippen LogP contribution in [0.3, 0.4) is 0 Å². The average Bonchev–Trinajstić information content (AvgIpc) is 2.61. The molecule has 0 aromatic carbocycles. The third-order valence-corrected chi connectivity index (χ3v) is 4.56. The summed E-state index contributed by atoms with van der Waals surface area (Å²) >= 11 is 0. The summed E-state index contributed by atoms with van der Waals surface area (Å²) in [5.74, 6) is 0. The highest BCUT2D eigenvalue weighted by molar-refractivity contribution is 4.63.